The van der Waals surface area contributed by atoms with Gasteiger partial charge in [0, 0.05) is 0 Å². The van der Waals surface area contributed by atoms with E-state index in [9.17, 15) is 4.79 Å². The lowest BCUT2D eigenvalue weighted by molar-refractivity contribution is -0.138. The predicted molar refractivity (Wildman–Crippen MR) is 55.1 cm³/mol. The number of hydrogen-bond donors (Lipinski definition) is 2. The number of methoxy groups -OCH3 is 1. The molecule has 0 fully saturated rings. The van der Waals surface area contributed by atoms with E-state index in [-0.39, 0.29) is 5.69 Å². The van der Waals surface area contributed by atoms with Crippen LogP contribution < -0.4 is 10.5 Å². The molecule has 0 aliphatic rings. The maximum Gasteiger partial charge on any atom is 0.326 e. The summed E-state index contributed by atoms with van der Waals surface area (Å²) in [6, 6.07) is 3.79. The minimum absolute atomic E-state index is 0.196. The molecule has 6 nitrogen and oxygen atoms in total. The quantitative estimate of drug-likeness (QED) is 0.801. The summed E-state index contributed by atoms with van der Waals surface area (Å²) < 4.78 is 10.0. The number of carboxylic acid groups (broad SMARTS) is 1. The molecule has 0 bridgehead atoms. The van der Waals surface area contributed by atoms with Crippen molar-refractivity contribution in [3.05, 3.63) is 23.9 Å². The standard InChI is InChI=1S/C10H10N2O4/c1-15-5-2-3-7-6(4-5)9(12-16-7)8(11)10(13)14/h2-4,8H,11H2,1H3,(H,13,14)/t8-/m1/s1. The van der Waals surface area contributed by atoms with Gasteiger partial charge in [0.1, 0.15) is 11.4 Å². The van der Waals surface area contributed by atoms with Crippen molar-refractivity contribution in [1.29, 1.82) is 0 Å². The number of benzene rings is 1. The molecule has 0 saturated carbocycles. The fourth-order valence-corrected chi connectivity index (χ4v) is 1.40. The van der Waals surface area contributed by atoms with E-state index in [1.54, 1.807) is 18.2 Å². The van der Waals surface area contributed by atoms with Crippen molar-refractivity contribution >= 4 is 16.9 Å². The molecule has 1 atom stereocenters. The summed E-state index contributed by atoms with van der Waals surface area (Å²) in [5.74, 6) is -0.562. The third kappa shape index (κ3) is 1.59. The van der Waals surface area contributed by atoms with Crippen LogP contribution in [0.15, 0.2) is 22.7 Å². The Bertz CT molecular complexity index is 535. The van der Waals surface area contributed by atoms with Crippen LogP contribution in [0.2, 0.25) is 0 Å². The first kappa shape index (κ1) is 10.4. The first-order chi connectivity index (χ1) is 7.63. The summed E-state index contributed by atoms with van der Waals surface area (Å²) in [4.78, 5) is 10.8. The zero-order chi connectivity index (χ0) is 11.7. The average molecular weight is 222 g/mol. The van der Waals surface area contributed by atoms with Gasteiger partial charge in [0.2, 0.25) is 0 Å². The Kier molecular flexibility index (Phi) is 2.49. The van der Waals surface area contributed by atoms with Crippen LogP contribution in [0.25, 0.3) is 11.0 Å². The van der Waals surface area contributed by atoms with Gasteiger partial charge in [-0.15, -0.1) is 0 Å². The minimum Gasteiger partial charge on any atom is -0.497 e. The Hall–Kier alpha value is -2.08. The van der Waals surface area contributed by atoms with Crippen LogP contribution in [0.1, 0.15) is 11.7 Å². The van der Waals surface area contributed by atoms with Gasteiger partial charge in [-0.05, 0) is 18.2 Å². The van der Waals surface area contributed by atoms with Crippen molar-refractivity contribution in [2.24, 2.45) is 5.73 Å². The summed E-state index contributed by atoms with van der Waals surface area (Å²) in [5.41, 5.74) is 6.15. The van der Waals surface area contributed by atoms with Gasteiger partial charge >= 0.3 is 5.97 Å². The smallest absolute Gasteiger partial charge is 0.326 e. The summed E-state index contributed by atoms with van der Waals surface area (Å²) in [6.07, 6.45) is 0. The van der Waals surface area contributed by atoms with Gasteiger partial charge in [0.25, 0.3) is 0 Å². The number of carbonyl (C=O) groups is 1. The maximum absolute atomic E-state index is 10.8. The molecular weight excluding hydrogens is 212 g/mol. The van der Waals surface area contributed by atoms with E-state index in [1.165, 1.54) is 7.11 Å². The number of carboxylic acids is 1. The third-order valence-corrected chi connectivity index (χ3v) is 2.27. The molecule has 0 unspecified atom stereocenters. The molecule has 1 heterocycles. The Balaban J connectivity index is 2.57. The zero-order valence-corrected chi connectivity index (χ0v) is 8.51. The number of fused-ring (bicyclic) bond motifs is 1. The van der Waals surface area contributed by atoms with E-state index >= 15 is 0 Å². The second-order valence-electron chi connectivity index (χ2n) is 3.25. The molecule has 0 aliphatic heterocycles. The van der Waals surface area contributed by atoms with Crippen LogP contribution in [0.3, 0.4) is 0 Å². The molecule has 0 saturated heterocycles. The monoisotopic (exact) mass is 222 g/mol. The van der Waals surface area contributed by atoms with E-state index in [2.05, 4.69) is 5.16 Å². The van der Waals surface area contributed by atoms with Crippen molar-refractivity contribution in [3.63, 3.8) is 0 Å². The third-order valence-electron chi connectivity index (χ3n) is 2.27. The Labute approximate surface area is 90.6 Å². The van der Waals surface area contributed by atoms with E-state index in [1.807, 2.05) is 0 Å². The lowest BCUT2D eigenvalue weighted by atomic mass is 10.1. The molecule has 0 aliphatic carbocycles. The molecule has 2 rings (SSSR count). The summed E-state index contributed by atoms with van der Waals surface area (Å²) >= 11 is 0. The Morgan fingerprint density at radius 3 is 3.00 bits per heavy atom. The fourth-order valence-electron chi connectivity index (χ4n) is 1.40. The van der Waals surface area contributed by atoms with Crippen LogP contribution in [-0.4, -0.2) is 23.3 Å². The van der Waals surface area contributed by atoms with Crippen LogP contribution in [0.5, 0.6) is 5.75 Å². The second kappa shape index (κ2) is 3.82. The van der Waals surface area contributed by atoms with Gasteiger partial charge < -0.3 is 20.1 Å². The van der Waals surface area contributed by atoms with E-state index in [0.29, 0.717) is 16.7 Å². The van der Waals surface area contributed by atoms with Gasteiger partial charge in [-0.25, -0.2) is 0 Å². The molecule has 0 spiro atoms. The molecule has 6 heteroatoms. The minimum atomic E-state index is -1.20. The summed E-state index contributed by atoms with van der Waals surface area (Å²) in [6.45, 7) is 0. The SMILES string of the molecule is COc1ccc2onc([C@@H](N)C(=O)O)c2c1. The van der Waals surface area contributed by atoms with Crippen LogP contribution in [0.4, 0.5) is 0 Å². The highest BCUT2D eigenvalue weighted by atomic mass is 16.5. The summed E-state index contributed by atoms with van der Waals surface area (Å²) in [7, 11) is 1.52. The number of ether oxygens (including phenoxy) is 1. The molecule has 1 aromatic carbocycles. The highest BCUT2D eigenvalue weighted by Gasteiger charge is 2.21. The van der Waals surface area contributed by atoms with Crippen LogP contribution >= 0.6 is 0 Å². The van der Waals surface area contributed by atoms with E-state index < -0.39 is 12.0 Å². The topological polar surface area (TPSA) is 98.6 Å². The number of nitrogens with zero attached hydrogens (tertiary/aromatic N) is 1. The molecule has 16 heavy (non-hydrogen) atoms. The largest absolute Gasteiger partial charge is 0.497 e. The fraction of sp³-hybridized carbons (Fsp3) is 0.200. The van der Waals surface area contributed by atoms with Crippen LogP contribution in [-0.2, 0) is 4.79 Å². The normalized spacial score (nSPS) is 12.6. The number of nitrogens with two attached hydrogens (primary N) is 1. The van der Waals surface area contributed by atoms with Gasteiger partial charge in [0.15, 0.2) is 11.6 Å². The lowest BCUT2D eigenvalue weighted by Crippen LogP contribution is -2.21. The average Bonchev–Trinajstić information content (AvgIpc) is 2.70. The van der Waals surface area contributed by atoms with Gasteiger partial charge in [0.05, 0.1) is 12.5 Å². The van der Waals surface area contributed by atoms with Crippen molar-refractivity contribution in [2.45, 2.75) is 6.04 Å². The van der Waals surface area contributed by atoms with Crippen molar-refractivity contribution in [3.8, 4) is 5.75 Å². The van der Waals surface area contributed by atoms with Crippen molar-refractivity contribution < 1.29 is 19.2 Å². The molecule has 1 aromatic heterocycles. The van der Waals surface area contributed by atoms with Crippen molar-refractivity contribution in [2.75, 3.05) is 7.11 Å². The molecule has 3 N–H and O–H groups in total. The predicted octanol–water partition coefficient (Wildman–Crippen LogP) is 0.921. The van der Waals surface area contributed by atoms with Crippen molar-refractivity contribution in [1.82, 2.24) is 5.16 Å². The number of hydrogen-bond acceptors (Lipinski definition) is 5. The Morgan fingerprint density at radius 2 is 2.38 bits per heavy atom. The van der Waals surface area contributed by atoms with Crippen LogP contribution in [0, 0.1) is 0 Å². The molecule has 0 radical (unpaired) electrons. The molecule has 0 amide bonds. The van der Waals surface area contributed by atoms with Gasteiger partial charge in [-0.3, -0.25) is 4.79 Å². The first-order valence-electron chi connectivity index (χ1n) is 4.55. The second-order valence-corrected chi connectivity index (χ2v) is 3.25. The summed E-state index contributed by atoms with van der Waals surface area (Å²) in [5, 5.41) is 13.0. The van der Waals surface area contributed by atoms with Gasteiger partial charge in [-0.1, -0.05) is 5.16 Å². The zero-order valence-electron chi connectivity index (χ0n) is 8.51. The number of aromatic nitrogens is 1. The van der Waals surface area contributed by atoms with E-state index in [0.717, 1.165) is 0 Å². The van der Waals surface area contributed by atoms with Gasteiger partial charge in [-0.2, -0.15) is 0 Å². The van der Waals surface area contributed by atoms with E-state index in [4.69, 9.17) is 20.1 Å². The highest BCUT2D eigenvalue weighted by molar-refractivity contribution is 5.86. The Morgan fingerprint density at radius 1 is 1.62 bits per heavy atom. The molecule has 84 valence electrons. The molecule has 2 aromatic rings. The highest BCUT2D eigenvalue weighted by Crippen LogP contribution is 2.26. The number of rotatable bonds is 3. The lowest BCUT2D eigenvalue weighted by Gasteiger charge is -2.02. The number of aliphatic carboxylic acids is 1. The molecular formula is C10H10N2O4. The maximum atomic E-state index is 10.8. The first-order valence-corrected chi connectivity index (χ1v) is 4.55.